The van der Waals surface area contributed by atoms with E-state index in [0.29, 0.717) is 0 Å². The van der Waals surface area contributed by atoms with Crippen LogP contribution in [0.5, 0.6) is 17.2 Å². The first-order valence-electron chi connectivity index (χ1n) is 5.85. The fraction of sp³-hybridized carbons (Fsp3) is 0.0714. The van der Waals surface area contributed by atoms with Crippen LogP contribution in [0.4, 0.5) is 14.5 Å². The number of nitro groups is 1. The van der Waals surface area contributed by atoms with Gasteiger partial charge in [0.1, 0.15) is 5.75 Å². The van der Waals surface area contributed by atoms with E-state index < -0.39 is 28.0 Å². The van der Waals surface area contributed by atoms with Crippen LogP contribution in [-0.4, -0.2) is 12.0 Å². The van der Waals surface area contributed by atoms with Gasteiger partial charge in [-0.05, 0) is 18.2 Å². The maximum Gasteiger partial charge on any atom is 0.347 e. The predicted octanol–water partition coefficient (Wildman–Crippen LogP) is 3.55. The average molecular weight is 306 g/mol. The molecule has 0 amide bonds. The maximum absolute atomic E-state index is 13.8. The number of hydrogen-bond acceptors (Lipinski definition) is 5. The lowest BCUT2D eigenvalue weighted by Gasteiger charge is -2.09. The molecule has 0 N–H and O–H groups in total. The molecule has 112 valence electrons. The Morgan fingerprint density at radius 3 is 2.45 bits per heavy atom. The number of ether oxygens (including phenoxy) is 2. The van der Waals surface area contributed by atoms with Crippen molar-refractivity contribution >= 4 is 5.69 Å². The van der Waals surface area contributed by atoms with Gasteiger partial charge in [-0.15, -0.1) is 0 Å². The molecular weight excluding hydrogens is 298 g/mol. The lowest BCUT2D eigenvalue weighted by molar-refractivity contribution is -0.388. The highest BCUT2D eigenvalue weighted by molar-refractivity contribution is 5.54. The zero-order valence-electron chi connectivity index (χ0n) is 11.2. The summed E-state index contributed by atoms with van der Waals surface area (Å²) in [5, 5.41) is 19.6. The van der Waals surface area contributed by atoms with Crippen molar-refractivity contribution in [3.63, 3.8) is 0 Å². The molecule has 6 nitrogen and oxygen atoms in total. The highest BCUT2D eigenvalue weighted by atomic mass is 19.1. The van der Waals surface area contributed by atoms with Crippen LogP contribution in [-0.2, 0) is 0 Å². The Hall–Kier alpha value is -3.21. The first-order valence-corrected chi connectivity index (χ1v) is 5.85. The van der Waals surface area contributed by atoms with Crippen molar-refractivity contribution in [1.82, 2.24) is 0 Å². The molecule has 0 saturated heterocycles. The molecule has 2 aromatic rings. The summed E-state index contributed by atoms with van der Waals surface area (Å²) in [6, 6.07) is 6.91. The minimum absolute atomic E-state index is 0.0212. The van der Waals surface area contributed by atoms with Gasteiger partial charge in [0.05, 0.1) is 23.7 Å². The average Bonchev–Trinajstić information content (AvgIpc) is 2.48. The van der Waals surface area contributed by atoms with Gasteiger partial charge in [0.2, 0.25) is 11.6 Å². The lowest BCUT2D eigenvalue weighted by atomic mass is 10.2. The van der Waals surface area contributed by atoms with Crippen LogP contribution in [0.2, 0.25) is 0 Å². The standard InChI is InChI=1S/C14H8F2N2O4/c1-21-9-5-11(16)14(18(19)20)13(6-9)22-12-3-2-8(7-17)4-10(12)15/h2-6H,1H3. The molecule has 0 aliphatic rings. The van der Waals surface area contributed by atoms with E-state index >= 15 is 0 Å². The Morgan fingerprint density at radius 2 is 1.91 bits per heavy atom. The van der Waals surface area contributed by atoms with Crippen molar-refractivity contribution in [2.75, 3.05) is 7.11 Å². The Balaban J connectivity index is 2.51. The quantitative estimate of drug-likeness (QED) is 0.637. The van der Waals surface area contributed by atoms with Gasteiger partial charge in [-0.3, -0.25) is 10.1 Å². The molecule has 0 unspecified atom stereocenters. The fourth-order valence-corrected chi connectivity index (χ4v) is 1.69. The molecular formula is C14H8F2N2O4. The van der Waals surface area contributed by atoms with Crippen molar-refractivity contribution in [1.29, 1.82) is 5.26 Å². The summed E-state index contributed by atoms with van der Waals surface area (Å²) in [6.45, 7) is 0. The number of nitriles is 1. The monoisotopic (exact) mass is 306 g/mol. The molecule has 0 spiro atoms. The van der Waals surface area contributed by atoms with Gasteiger partial charge in [-0.2, -0.15) is 9.65 Å². The third kappa shape index (κ3) is 2.93. The number of halogens is 2. The molecule has 0 saturated carbocycles. The molecule has 22 heavy (non-hydrogen) atoms. The molecule has 2 rings (SSSR count). The summed E-state index contributed by atoms with van der Waals surface area (Å²) in [5.41, 5.74) is -0.888. The van der Waals surface area contributed by atoms with E-state index in [1.165, 1.54) is 13.2 Å². The molecule has 0 atom stereocenters. The smallest absolute Gasteiger partial charge is 0.347 e. The normalized spacial score (nSPS) is 9.91. The number of hydrogen-bond donors (Lipinski definition) is 0. The second-order valence-corrected chi connectivity index (χ2v) is 4.07. The van der Waals surface area contributed by atoms with E-state index in [1.54, 1.807) is 6.07 Å². The molecule has 8 heteroatoms. The second-order valence-electron chi connectivity index (χ2n) is 4.07. The van der Waals surface area contributed by atoms with Crippen LogP contribution in [0, 0.1) is 33.1 Å². The fourth-order valence-electron chi connectivity index (χ4n) is 1.69. The predicted molar refractivity (Wildman–Crippen MR) is 70.8 cm³/mol. The molecule has 2 aromatic carbocycles. The second kappa shape index (κ2) is 6.05. The van der Waals surface area contributed by atoms with Gasteiger partial charge in [0.25, 0.3) is 0 Å². The van der Waals surface area contributed by atoms with Crippen molar-refractivity contribution < 1.29 is 23.2 Å². The minimum Gasteiger partial charge on any atom is -0.497 e. The van der Waals surface area contributed by atoms with Crippen molar-refractivity contribution in [2.45, 2.75) is 0 Å². The van der Waals surface area contributed by atoms with E-state index in [1.807, 2.05) is 0 Å². The van der Waals surface area contributed by atoms with Crippen molar-refractivity contribution in [3.8, 4) is 23.3 Å². The third-order valence-corrected chi connectivity index (χ3v) is 2.70. The van der Waals surface area contributed by atoms with E-state index in [2.05, 4.69) is 0 Å². The zero-order chi connectivity index (χ0) is 16.3. The highest BCUT2D eigenvalue weighted by Gasteiger charge is 2.25. The van der Waals surface area contributed by atoms with Gasteiger partial charge >= 0.3 is 5.69 Å². The SMILES string of the molecule is COc1cc(F)c([N+](=O)[O-])c(Oc2ccc(C#N)cc2F)c1. The number of nitro benzene ring substituents is 1. The van der Waals surface area contributed by atoms with Crippen LogP contribution >= 0.6 is 0 Å². The summed E-state index contributed by atoms with van der Waals surface area (Å²) >= 11 is 0. The van der Waals surface area contributed by atoms with Crippen LogP contribution in [0.3, 0.4) is 0 Å². The zero-order valence-corrected chi connectivity index (χ0v) is 11.2. The largest absolute Gasteiger partial charge is 0.497 e. The third-order valence-electron chi connectivity index (χ3n) is 2.70. The van der Waals surface area contributed by atoms with E-state index in [-0.39, 0.29) is 17.1 Å². The molecule has 0 radical (unpaired) electrons. The summed E-state index contributed by atoms with van der Waals surface area (Å²) in [6.07, 6.45) is 0. The summed E-state index contributed by atoms with van der Waals surface area (Å²) in [5.74, 6) is -2.99. The first kappa shape index (κ1) is 15.2. The Labute approximate surface area is 123 Å². The Morgan fingerprint density at radius 1 is 1.18 bits per heavy atom. The van der Waals surface area contributed by atoms with Gasteiger partial charge < -0.3 is 9.47 Å². The van der Waals surface area contributed by atoms with E-state index in [4.69, 9.17) is 14.7 Å². The topological polar surface area (TPSA) is 85.4 Å². The number of nitrogens with zero attached hydrogens (tertiary/aromatic N) is 2. The summed E-state index contributed by atoms with van der Waals surface area (Å²) in [4.78, 5) is 9.95. The van der Waals surface area contributed by atoms with Crippen LogP contribution in [0.15, 0.2) is 30.3 Å². The van der Waals surface area contributed by atoms with Gasteiger partial charge in [0, 0.05) is 12.1 Å². The van der Waals surface area contributed by atoms with Crippen LogP contribution < -0.4 is 9.47 Å². The van der Waals surface area contributed by atoms with E-state index in [0.717, 1.165) is 24.3 Å². The van der Waals surface area contributed by atoms with Gasteiger partial charge in [0.15, 0.2) is 11.6 Å². The van der Waals surface area contributed by atoms with Gasteiger partial charge in [-0.1, -0.05) is 0 Å². The number of methoxy groups -OCH3 is 1. The highest BCUT2D eigenvalue weighted by Crippen LogP contribution is 2.37. The minimum atomic E-state index is -1.17. The summed E-state index contributed by atoms with van der Waals surface area (Å²) in [7, 11) is 1.24. The summed E-state index contributed by atoms with van der Waals surface area (Å²) < 4.78 is 37.4. The van der Waals surface area contributed by atoms with Crippen molar-refractivity contribution in [3.05, 3.63) is 57.6 Å². The van der Waals surface area contributed by atoms with Crippen molar-refractivity contribution in [2.24, 2.45) is 0 Å². The molecule has 0 aliphatic heterocycles. The molecule has 0 aromatic heterocycles. The van der Waals surface area contributed by atoms with E-state index in [9.17, 15) is 18.9 Å². The molecule has 0 fully saturated rings. The maximum atomic E-state index is 13.8. The number of benzene rings is 2. The Bertz CT molecular complexity index is 787. The van der Waals surface area contributed by atoms with Crippen LogP contribution in [0.1, 0.15) is 5.56 Å². The first-order chi connectivity index (χ1) is 10.5. The lowest BCUT2D eigenvalue weighted by Crippen LogP contribution is -1.99. The molecule has 0 aliphatic carbocycles. The van der Waals surface area contributed by atoms with Gasteiger partial charge in [-0.25, -0.2) is 4.39 Å². The Kier molecular flexibility index (Phi) is 4.18. The number of rotatable bonds is 4. The molecule has 0 heterocycles. The molecule has 0 bridgehead atoms. The van der Waals surface area contributed by atoms with Crippen LogP contribution in [0.25, 0.3) is 0 Å².